The lowest BCUT2D eigenvalue weighted by molar-refractivity contribution is -0.145. The van der Waals surface area contributed by atoms with Crippen molar-refractivity contribution in [1.29, 1.82) is 0 Å². The molecule has 1 unspecified atom stereocenters. The predicted octanol–water partition coefficient (Wildman–Crippen LogP) is 3.26. The fraction of sp³-hybridized carbons (Fsp3) is 0.611. The second-order valence-electron chi connectivity index (χ2n) is 5.92. The number of nitrogens with two attached hydrogens (primary N) is 1. The van der Waals surface area contributed by atoms with Gasteiger partial charge in [-0.3, -0.25) is 4.79 Å². The first-order valence-corrected chi connectivity index (χ1v) is 8.47. The third-order valence-electron chi connectivity index (χ3n) is 3.79. The molecule has 0 spiro atoms. The third-order valence-corrected chi connectivity index (χ3v) is 3.79. The number of phenolic OH excluding ortho intramolecular Hbond substituents is 2. The summed E-state index contributed by atoms with van der Waals surface area (Å²) in [5, 5.41) is 18.7. The smallest absolute Gasteiger partial charge is 0.323 e. The maximum Gasteiger partial charge on any atom is 0.323 e. The number of rotatable bonds is 11. The molecule has 0 saturated heterocycles. The Kier molecular flexibility index (Phi) is 9.14. The number of benzene rings is 1. The van der Waals surface area contributed by atoms with Gasteiger partial charge in [-0.25, -0.2) is 0 Å². The van der Waals surface area contributed by atoms with E-state index >= 15 is 0 Å². The standard InChI is InChI=1S/C18H29NO4/c1-2-3-4-5-6-7-8-11-23-18(22)15(19)12-14-9-10-16(20)17(21)13-14/h9-10,13,15,20-21H,2-8,11-12,19H2,1H3. The van der Waals surface area contributed by atoms with Crippen LogP contribution < -0.4 is 5.73 Å². The topological polar surface area (TPSA) is 92.8 Å². The minimum atomic E-state index is -0.761. The molecule has 0 saturated carbocycles. The number of hydrogen-bond acceptors (Lipinski definition) is 5. The summed E-state index contributed by atoms with van der Waals surface area (Å²) >= 11 is 0. The summed E-state index contributed by atoms with van der Waals surface area (Å²) < 4.78 is 5.18. The van der Waals surface area contributed by atoms with Crippen LogP contribution in [-0.2, 0) is 16.0 Å². The van der Waals surface area contributed by atoms with Gasteiger partial charge in [0.2, 0.25) is 0 Å². The Morgan fingerprint density at radius 1 is 1.09 bits per heavy atom. The van der Waals surface area contributed by atoms with Crippen LogP contribution in [0.1, 0.15) is 57.4 Å². The van der Waals surface area contributed by atoms with Gasteiger partial charge in [-0.05, 0) is 30.5 Å². The maximum atomic E-state index is 11.8. The van der Waals surface area contributed by atoms with Crippen LogP contribution in [0, 0.1) is 0 Å². The molecule has 0 amide bonds. The Hall–Kier alpha value is -1.75. The Morgan fingerprint density at radius 3 is 2.39 bits per heavy atom. The number of ether oxygens (including phenoxy) is 1. The van der Waals surface area contributed by atoms with Gasteiger partial charge in [-0.2, -0.15) is 0 Å². The average Bonchev–Trinajstić information content (AvgIpc) is 2.53. The van der Waals surface area contributed by atoms with Gasteiger partial charge >= 0.3 is 5.97 Å². The fourth-order valence-corrected chi connectivity index (χ4v) is 2.37. The van der Waals surface area contributed by atoms with Crippen molar-refractivity contribution in [3.05, 3.63) is 23.8 Å². The van der Waals surface area contributed by atoms with Crippen LogP contribution in [-0.4, -0.2) is 28.8 Å². The lowest BCUT2D eigenvalue weighted by Crippen LogP contribution is -2.34. The Bertz CT molecular complexity index is 476. The minimum absolute atomic E-state index is 0.191. The summed E-state index contributed by atoms with van der Waals surface area (Å²) in [6.45, 7) is 2.60. The number of carbonyl (C=O) groups is 1. The lowest BCUT2D eigenvalue weighted by atomic mass is 10.1. The number of phenols is 2. The molecule has 1 rings (SSSR count). The minimum Gasteiger partial charge on any atom is -0.504 e. The molecule has 4 N–H and O–H groups in total. The Morgan fingerprint density at radius 2 is 1.74 bits per heavy atom. The Labute approximate surface area is 138 Å². The molecule has 1 aromatic rings. The monoisotopic (exact) mass is 323 g/mol. The van der Waals surface area contributed by atoms with E-state index < -0.39 is 12.0 Å². The van der Waals surface area contributed by atoms with E-state index in [1.165, 1.54) is 44.2 Å². The maximum absolute atomic E-state index is 11.8. The molecule has 0 aliphatic heterocycles. The van der Waals surface area contributed by atoms with Gasteiger partial charge in [0.25, 0.3) is 0 Å². The van der Waals surface area contributed by atoms with E-state index in [0.717, 1.165) is 12.8 Å². The second kappa shape index (κ2) is 10.9. The number of carbonyl (C=O) groups excluding carboxylic acids is 1. The number of hydrogen-bond donors (Lipinski definition) is 3. The second-order valence-corrected chi connectivity index (χ2v) is 5.92. The van der Waals surface area contributed by atoms with Crippen LogP contribution in [0.5, 0.6) is 11.5 Å². The van der Waals surface area contributed by atoms with Crippen molar-refractivity contribution >= 4 is 5.97 Å². The molecule has 5 nitrogen and oxygen atoms in total. The lowest BCUT2D eigenvalue weighted by Gasteiger charge is -2.12. The molecular weight excluding hydrogens is 294 g/mol. The molecule has 130 valence electrons. The zero-order valence-electron chi connectivity index (χ0n) is 14.0. The molecule has 0 bridgehead atoms. The van der Waals surface area contributed by atoms with Crippen LogP contribution in [0.25, 0.3) is 0 Å². The van der Waals surface area contributed by atoms with Gasteiger partial charge in [-0.15, -0.1) is 0 Å². The van der Waals surface area contributed by atoms with E-state index in [2.05, 4.69) is 6.92 Å². The third kappa shape index (κ3) is 7.88. The highest BCUT2D eigenvalue weighted by atomic mass is 16.5. The Balaban J connectivity index is 2.17. The highest BCUT2D eigenvalue weighted by Gasteiger charge is 2.16. The number of unbranched alkanes of at least 4 members (excludes halogenated alkanes) is 6. The summed E-state index contributed by atoms with van der Waals surface area (Å²) in [7, 11) is 0. The molecule has 5 heteroatoms. The van der Waals surface area contributed by atoms with E-state index in [9.17, 15) is 15.0 Å². The molecule has 0 aliphatic carbocycles. The summed E-state index contributed by atoms with van der Waals surface area (Å²) in [6, 6.07) is 3.64. The zero-order valence-corrected chi connectivity index (χ0v) is 14.0. The van der Waals surface area contributed by atoms with E-state index in [0.29, 0.717) is 12.2 Å². The first-order chi connectivity index (χ1) is 11.0. The van der Waals surface area contributed by atoms with Crippen LogP contribution in [0.4, 0.5) is 0 Å². The van der Waals surface area contributed by atoms with Crippen LogP contribution in [0.15, 0.2) is 18.2 Å². The van der Waals surface area contributed by atoms with Crippen LogP contribution in [0.3, 0.4) is 0 Å². The van der Waals surface area contributed by atoms with E-state index in [4.69, 9.17) is 10.5 Å². The van der Waals surface area contributed by atoms with E-state index in [1.807, 2.05) is 0 Å². The van der Waals surface area contributed by atoms with Crippen molar-refractivity contribution in [2.45, 2.75) is 64.3 Å². The summed E-state index contributed by atoms with van der Waals surface area (Å²) in [4.78, 5) is 11.8. The van der Waals surface area contributed by atoms with Crippen molar-refractivity contribution in [3.8, 4) is 11.5 Å². The van der Waals surface area contributed by atoms with E-state index in [1.54, 1.807) is 6.07 Å². The van der Waals surface area contributed by atoms with Gasteiger partial charge in [0.05, 0.1) is 6.61 Å². The molecule has 23 heavy (non-hydrogen) atoms. The normalized spacial score (nSPS) is 12.1. The van der Waals surface area contributed by atoms with Gasteiger partial charge in [0.15, 0.2) is 11.5 Å². The van der Waals surface area contributed by atoms with Crippen LogP contribution >= 0.6 is 0 Å². The quantitative estimate of drug-likeness (QED) is 0.330. The zero-order chi connectivity index (χ0) is 17.1. The average molecular weight is 323 g/mol. The van der Waals surface area contributed by atoms with Crippen LogP contribution in [0.2, 0.25) is 0 Å². The molecular formula is C18H29NO4. The molecule has 0 fully saturated rings. The number of aromatic hydroxyl groups is 2. The molecule has 1 atom stereocenters. The summed E-state index contributed by atoms with van der Waals surface area (Å²) in [5.41, 5.74) is 6.50. The number of esters is 1. The molecule has 1 aromatic carbocycles. The van der Waals surface area contributed by atoms with Crippen molar-refractivity contribution < 1.29 is 19.7 Å². The van der Waals surface area contributed by atoms with E-state index in [-0.39, 0.29) is 17.9 Å². The fourth-order valence-electron chi connectivity index (χ4n) is 2.37. The van der Waals surface area contributed by atoms with Crippen molar-refractivity contribution in [2.24, 2.45) is 5.73 Å². The highest BCUT2D eigenvalue weighted by molar-refractivity contribution is 5.75. The largest absolute Gasteiger partial charge is 0.504 e. The molecule has 0 aliphatic rings. The molecule has 0 aromatic heterocycles. The van der Waals surface area contributed by atoms with Crippen molar-refractivity contribution in [1.82, 2.24) is 0 Å². The SMILES string of the molecule is CCCCCCCCCOC(=O)C(N)Cc1ccc(O)c(O)c1. The van der Waals surface area contributed by atoms with Crippen molar-refractivity contribution in [3.63, 3.8) is 0 Å². The summed E-state index contributed by atoms with van der Waals surface area (Å²) in [6.07, 6.45) is 8.43. The van der Waals surface area contributed by atoms with Gasteiger partial charge in [0, 0.05) is 0 Å². The van der Waals surface area contributed by atoms with Gasteiger partial charge < -0.3 is 20.7 Å². The van der Waals surface area contributed by atoms with Gasteiger partial charge in [0.1, 0.15) is 6.04 Å². The first kappa shape index (κ1) is 19.3. The first-order valence-electron chi connectivity index (χ1n) is 8.47. The van der Waals surface area contributed by atoms with Gasteiger partial charge in [-0.1, -0.05) is 51.5 Å². The summed E-state index contributed by atoms with van der Waals surface area (Å²) in [5.74, 6) is -0.835. The van der Waals surface area contributed by atoms with Crippen molar-refractivity contribution in [2.75, 3.05) is 6.61 Å². The molecule has 0 radical (unpaired) electrons. The highest BCUT2D eigenvalue weighted by Crippen LogP contribution is 2.25. The predicted molar refractivity (Wildman–Crippen MR) is 90.4 cm³/mol. The molecule has 0 heterocycles.